The molecule has 2 saturated heterocycles. The van der Waals surface area contributed by atoms with Crippen molar-refractivity contribution < 1.29 is 22.7 Å². The standard InChI is InChI=1S/C31H35ClF3N7O2/c1-18(33)14-41-10-11-42(16-20(41)7-9-36)28-27-25(37-30(39-28)44-17-21-12-19(34)15-40(21)2)13-31(29(43)38-27)8-3-4-22-23(32)5-6-24(35)26(22)31/h5-6,14,19-21H,3-4,7-8,10-13,15-17H2,1-2H3,(H,38,43)/t19-,20+,21+,31?/m1/s1. The number of piperazine rings is 1. The van der Waals surface area contributed by atoms with Crippen molar-refractivity contribution in [2.75, 3.05) is 50.1 Å². The zero-order valence-corrected chi connectivity index (χ0v) is 25.5. The minimum absolute atomic E-state index is 0.0714. The summed E-state index contributed by atoms with van der Waals surface area (Å²) in [6.45, 7) is 3.04. The average molecular weight is 630 g/mol. The van der Waals surface area contributed by atoms with E-state index in [-0.39, 0.29) is 49.3 Å². The van der Waals surface area contributed by atoms with Crippen molar-refractivity contribution in [2.24, 2.45) is 0 Å². The minimum Gasteiger partial charge on any atom is -0.462 e. The predicted octanol–water partition coefficient (Wildman–Crippen LogP) is 4.69. The summed E-state index contributed by atoms with van der Waals surface area (Å²) in [5.41, 5.74) is 0.639. The van der Waals surface area contributed by atoms with Gasteiger partial charge in [0.2, 0.25) is 5.91 Å². The molecular weight excluding hydrogens is 595 g/mol. The summed E-state index contributed by atoms with van der Waals surface area (Å²) in [6.07, 6.45) is 2.71. The number of hydrogen-bond donors (Lipinski definition) is 1. The lowest BCUT2D eigenvalue weighted by Crippen LogP contribution is -2.52. The van der Waals surface area contributed by atoms with Crippen molar-refractivity contribution in [1.29, 1.82) is 5.26 Å². The molecule has 1 amide bonds. The molecule has 2 fully saturated rings. The molecule has 3 aliphatic heterocycles. The third-order valence-electron chi connectivity index (χ3n) is 9.34. The van der Waals surface area contributed by atoms with Crippen molar-refractivity contribution in [1.82, 2.24) is 19.8 Å². The van der Waals surface area contributed by atoms with Crippen LogP contribution in [0.1, 0.15) is 49.4 Å². The number of likely N-dealkylation sites (N-methyl/N-ethyl adjacent to an activating group) is 1. The molecule has 1 unspecified atom stereocenters. The zero-order valence-electron chi connectivity index (χ0n) is 24.8. The Kier molecular flexibility index (Phi) is 8.37. The van der Waals surface area contributed by atoms with Crippen molar-refractivity contribution in [3.05, 3.63) is 51.8 Å². The Labute approximate surface area is 259 Å². The molecule has 13 heteroatoms. The fraction of sp³-hybridized carbons (Fsp3) is 0.548. The van der Waals surface area contributed by atoms with Gasteiger partial charge in [0.05, 0.1) is 29.6 Å². The normalized spacial score (nSPS) is 27.2. The summed E-state index contributed by atoms with van der Waals surface area (Å²) >= 11 is 6.49. The van der Waals surface area contributed by atoms with Gasteiger partial charge in [-0.15, -0.1) is 0 Å². The predicted molar refractivity (Wildman–Crippen MR) is 160 cm³/mol. The maximum absolute atomic E-state index is 15.5. The van der Waals surface area contributed by atoms with Gasteiger partial charge in [0.1, 0.15) is 30.1 Å². The number of amides is 1. The summed E-state index contributed by atoms with van der Waals surface area (Å²) in [6, 6.07) is 4.60. The topological polar surface area (TPSA) is 97.6 Å². The van der Waals surface area contributed by atoms with Crippen LogP contribution in [0.25, 0.3) is 0 Å². The van der Waals surface area contributed by atoms with E-state index in [1.165, 1.54) is 25.3 Å². The second kappa shape index (κ2) is 12.1. The number of nitrogens with one attached hydrogen (secondary N) is 1. The molecule has 234 valence electrons. The van der Waals surface area contributed by atoms with Gasteiger partial charge in [-0.25, -0.2) is 13.2 Å². The number of carbonyl (C=O) groups excluding carboxylic acids is 1. The molecule has 4 aliphatic rings. The number of nitrogens with zero attached hydrogens (tertiary/aromatic N) is 6. The van der Waals surface area contributed by atoms with Crippen molar-refractivity contribution in [2.45, 2.75) is 69.1 Å². The highest BCUT2D eigenvalue weighted by Crippen LogP contribution is 2.48. The van der Waals surface area contributed by atoms with Crippen LogP contribution in [0.3, 0.4) is 0 Å². The molecule has 1 aromatic carbocycles. The largest absolute Gasteiger partial charge is 0.462 e. The first kappa shape index (κ1) is 30.5. The molecule has 4 heterocycles. The lowest BCUT2D eigenvalue weighted by Gasteiger charge is -2.44. The molecule has 0 radical (unpaired) electrons. The van der Waals surface area contributed by atoms with Gasteiger partial charge >= 0.3 is 6.01 Å². The Hall–Kier alpha value is -3.56. The monoisotopic (exact) mass is 629 g/mol. The van der Waals surface area contributed by atoms with Crippen LogP contribution in [0.2, 0.25) is 5.02 Å². The molecule has 0 bridgehead atoms. The number of fused-ring (bicyclic) bond motifs is 3. The lowest BCUT2D eigenvalue weighted by molar-refractivity contribution is -0.122. The molecular formula is C31H35ClF3N7O2. The first-order valence-electron chi connectivity index (χ1n) is 15.0. The molecule has 4 atom stereocenters. The molecule has 44 heavy (non-hydrogen) atoms. The molecule has 1 N–H and O–H groups in total. The Balaban J connectivity index is 1.39. The van der Waals surface area contributed by atoms with E-state index in [4.69, 9.17) is 26.3 Å². The van der Waals surface area contributed by atoms with Crippen LogP contribution >= 0.6 is 11.6 Å². The third kappa shape index (κ3) is 5.56. The molecule has 1 aliphatic carbocycles. The average Bonchev–Trinajstić information content (AvgIpc) is 3.31. The van der Waals surface area contributed by atoms with Gasteiger partial charge in [-0.3, -0.25) is 9.69 Å². The van der Waals surface area contributed by atoms with E-state index in [0.29, 0.717) is 85.2 Å². The zero-order chi connectivity index (χ0) is 31.2. The van der Waals surface area contributed by atoms with E-state index in [1.54, 1.807) is 0 Å². The summed E-state index contributed by atoms with van der Waals surface area (Å²) in [5, 5.41) is 12.9. The van der Waals surface area contributed by atoms with Gasteiger partial charge in [0.15, 0.2) is 5.82 Å². The van der Waals surface area contributed by atoms with Crippen LogP contribution in [0.5, 0.6) is 6.01 Å². The SMILES string of the molecule is CC(F)=CN1CCN(c2nc(OC[C@@H]3C[C@@H](F)CN3C)nc3c2NC(=O)C2(CCCc4c(Cl)ccc(F)c42)C3)C[C@@H]1CC#N. The van der Waals surface area contributed by atoms with E-state index < -0.39 is 17.4 Å². The van der Waals surface area contributed by atoms with E-state index >= 15 is 4.39 Å². The summed E-state index contributed by atoms with van der Waals surface area (Å²) in [5.74, 6) is -0.774. The second-order valence-electron chi connectivity index (χ2n) is 12.3. The van der Waals surface area contributed by atoms with E-state index in [2.05, 4.69) is 11.4 Å². The molecule has 1 aromatic heterocycles. The highest BCUT2D eigenvalue weighted by molar-refractivity contribution is 6.31. The third-order valence-corrected chi connectivity index (χ3v) is 9.70. The Morgan fingerprint density at radius 2 is 2.11 bits per heavy atom. The molecule has 2 aromatic rings. The number of hydrogen-bond acceptors (Lipinski definition) is 8. The number of ether oxygens (including phenoxy) is 1. The molecule has 1 spiro atoms. The maximum atomic E-state index is 15.5. The molecule has 6 rings (SSSR count). The Bertz CT molecular complexity index is 1530. The highest BCUT2D eigenvalue weighted by Gasteiger charge is 2.50. The fourth-order valence-electron chi connectivity index (χ4n) is 7.20. The van der Waals surface area contributed by atoms with Crippen LogP contribution in [-0.2, 0) is 23.1 Å². The first-order chi connectivity index (χ1) is 21.1. The summed E-state index contributed by atoms with van der Waals surface area (Å²) in [7, 11) is 1.84. The number of alkyl halides is 1. The summed E-state index contributed by atoms with van der Waals surface area (Å²) in [4.78, 5) is 29.1. The van der Waals surface area contributed by atoms with Gasteiger partial charge in [-0.05, 0) is 57.4 Å². The van der Waals surface area contributed by atoms with Crippen LogP contribution in [0.4, 0.5) is 24.7 Å². The van der Waals surface area contributed by atoms with Gasteiger partial charge in [-0.2, -0.15) is 15.2 Å². The van der Waals surface area contributed by atoms with Crippen LogP contribution in [-0.4, -0.2) is 83.8 Å². The number of allylic oxidation sites excluding steroid dienone is 1. The number of aromatic nitrogens is 2. The van der Waals surface area contributed by atoms with Crippen molar-refractivity contribution in [3.8, 4) is 12.1 Å². The van der Waals surface area contributed by atoms with E-state index in [1.807, 2.05) is 21.7 Å². The van der Waals surface area contributed by atoms with Gasteiger partial charge < -0.3 is 19.9 Å². The second-order valence-corrected chi connectivity index (χ2v) is 12.7. The summed E-state index contributed by atoms with van der Waals surface area (Å²) < 4.78 is 49.4. The molecule has 9 nitrogen and oxygen atoms in total. The van der Waals surface area contributed by atoms with Crippen LogP contribution in [0, 0.1) is 17.1 Å². The number of likely N-dealkylation sites (tertiary alicyclic amines) is 1. The smallest absolute Gasteiger partial charge is 0.318 e. The number of benzene rings is 1. The minimum atomic E-state index is -1.21. The Morgan fingerprint density at radius 1 is 1.30 bits per heavy atom. The van der Waals surface area contributed by atoms with Crippen molar-refractivity contribution in [3.63, 3.8) is 0 Å². The number of nitriles is 1. The van der Waals surface area contributed by atoms with Crippen LogP contribution < -0.4 is 15.0 Å². The highest BCUT2D eigenvalue weighted by atomic mass is 35.5. The van der Waals surface area contributed by atoms with E-state index in [9.17, 15) is 18.8 Å². The van der Waals surface area contributed by atoms with Gasteiger partial charge in [0, 0.05) is 55.4 Å². The lowest BCUT2D eigenvalue weighted by atomic mass is 9.65. The molecule has 0 saturated carbocycles. The van der Waals surface area contributed by atoms with E-state index in [0.717, 1.165) is 0 Å². The number of carbonyl (C=O) groups is 1. The van der Waals surface area contributed by atoms with Gasteiger partial charge in [0.25, 0.3) is 0 Å². The number of rotatable bonds is 6. The maximum Gasteiger partial charge on any atom is 0.318 e. The quantitative estimate of drug-likeness (QED) is 0.492. The van der Waals surface area contributed by atoms with Crippen LogP contribution in [0.15, 0.2) is 24.2 Å². The number of anilines is 2. The first-order valence-corrected chi connectivity index (χ1v) is 15.4. The van der Waals surface area contributed by atoms with Crippen molar-refractivity contribution >= 4 is 29.0 Å². The fourth-order valence-corrected chi connectivity index (χ4v) is 7.45. The van der Waals surface area contributed by atoms with Gasteiger partial charge in [-0.1, -0.05) is 11.6 Å². The number of halogens is 4. The Morgan fingerprint density at radius 3 is 2.84 bits per heavy atom.